The number of hydrogen-bond donors (Lipinski definition) is 1. The van der Waals surface area contributed by atoms with E-state index in [1.165, 1.54) is 26.6 Å². The predicted molar refractivity (Wildman–Crippen MR) is 122 cm³/mol. The van der Waals surface area contributed by atoms with E-state index in [4.69, 9.17) is 4.74 Å². The Morgan fingerprint density at radius 1 is 1.06 bits per heavy atom. The minimum absolute atomic E-state index is 0.110. The largest absolute Gasteiger partial charge is 0.492 e. The van der Waals surface area contributed by atoms with Gasteiger partial charge in [0.05, 0.1) is 17.0 Å². The highest BCUT2D eigenvalue weighted by Crippen LogP contribution is 2.28. The van der Waals surface area contributed by atoms with E-state index in [0.717, 1.165) is 47.2 Å². The fraction of sp³-hybridized carbons (Fsp3) is 0.435. The highest BCUT2D eigenvalue weighted by atomic mass is 32.2. The Labute approximate surface area is 185 Å². The molecule has 1 heterocycles. The van der Waals surface area contributed by atoms with Gasteiger partial charge in [-0.3, -0.25) is 4.79 Å². The van der Waals surface area contributed by atoms with Crippen molar-refractivity contribution in [2.45, 2.75) is 31.1 Å². The molecule has 0 spiro atoms. The maximum atomic E-state index is 13.0. The molecule has 0 radical (unpaired) electrons. The average Bonchev–Trinajstić information content (AvgIpc) is 2.77. The van der Waals surface area contributed by atoms with Gasteiger partial charge in [0.2, 0.25) is 10.0 Å². The predicted octanol–water partition coefficient (Wildman–Crippen LogP) is 3.04. The molecule has 31 heavy (non-hydrogen) atoms. The zero-order chi connectivity index (χ0) is 22.4. The molecule has 0 bridgehead atoms. The van der Waals surface area contributed by atoms with Crippen molar-refractivity contribution in [3.05, 3.63) is 53.6 Å². The molecule has 1 N–H and O–H groups in total. The zero-order valence-electron chi connectivity index (χ0n) is 18.4. The Balaban J connectivity index is 1.75. The van der Waals surface area contributed by atoms with Gasteiger partial charge in [0, 0.05) is 32.9 Å². The summed E-state index contributed by atoms with van der Waals surface area (Å²) in [6, 6.07) is 12.5. The van der Waals surface area contributed by atoms with E-state index in [0.29, 0.717) is 18.7 Å². The van der Waals surface area contributed by atoms with Crippen LogP contribution in [0.3, 0.4) is 0 Å². The first-order chi connectivity index (χ1) is 14.8. The number of amides is 1. The van der Waals surface area contributed by atoms with Crippen LogP contribution in [0.5, 0.6) is 5.75 Å². The van der Waals surface area contributed by atoms with E-state index < -0.39 is 10.0 Å². The molecular weight excluding hydrogens is 414 g/mol. The third kappa shape index (κ3) is 5.77. The second kappa shape index (κ2) is 10.2. The average molecular weight is 446 g/mol. The number of aryl methyl sites for hydroxylation is 1. The summed E-state index contributed by atoms with van der Waals surface area (Å²) in [4.78, 5) is 15.3. The minimum atomic E-state index is -3.64. The van der Waals surface area contributed by atoms with E-state index in [2.05, 4.69) is 10.2 Å². The number of ether oxygens (including phenoxy) is 1. The third-order valence-corrected chi connectivity index (χ3v) is 7.18. The Morgan fingerprint density at radius 3 is 2.39 bits per heavy atom. The molecule has 1 saturated heterocycles. The molecule has 168 valence electrons. The van der Waals surface area contributed by atoms with Gasteiger partial charge in [-0.15, -0.1) is 0 Å². The molecule has 0 atom stereocenters. The Hall–Kier alpha value is -2.58. The summed E-state index contributed by atoms with van der Waals surface area (Å²) < 4.78 is 32.0. The van der Waals surface area contributed by atoms with Gasteiger partial charge in [-0.05, 0) is 56.5 Å². The van der Waals surface area contributed by atoms with Crippen LogP contribution in [-0.2, 0) is 10.0 Å². The molecule has 0 aromatic heterocycles. The Bertz CT molecular complexity index is 998. The third-order valence-electron chi connectivity index (χ3n) is 5.37. The summed E-state index contributed by atoms with van der Waals surface area (Å²) in [5.41, 5.74) is 2.30. The molecule has 7 nitrogen and oxygen atoms in total. The topological polar surface area (TPSA) is 78.9 Å². The number of carbonyl (C=O) groups is 1. The number of anilines is 1. The van der Waals surface area contributed by atoms with Crippen LogP contribution < -0.4 is 15.0 Å². The molecule has 1 aliphatic rings. The molecule has 2 aromatic rings. The van der Waals surface area contributed by atoms with Crippen LogP contribution in [0.1, 0.15) is 35.2 Å². The van der Waals surface area contributed by atoms with Crippen molar-refractivity contribution >= 4 is 21.6 Å². The van der Waals surface area contributed by atoms with Crippen molar-refractivity contribution < 1.29 is 17.9 Å². The lowest BCUT2D eigenvalue weighted by molar-refractivity contribution is 0.0947. The molecule has 0 aliphatic carbocycles. The molecule has 2 aromatic carbocycles. The number of carbonyl (C=O) groups excluding carboxylic acids is 1. The lowest BCUT2D eigenvalue weighted by Crippen LogP contribution is -2.34. The summed E-state index contributed by atoms with van der Waals surface area (Å²) in [5.74, 6) is 0.441. The van der Waals surface area contributed by atoms with Gasteiger partial charge in [0.1, 0.15) is 12.4 Å². The van der Waals surface area contributed by atoms with Gasteiger partial charge >= 0.3 is 0 Å². The van der Waals surface area contributed by atoms with Crippen LogP contribution in [0.4, 0.5) is 5.69 Å². The monoisotopic (exact) mass is 445 g/mol. The van der Waals surface area contributed by atoms with Gasteiger partial charge in [0.25, 0.3) is 5.91 Å². The molecule has 0 unspecified atom stereocenters. The van der Waals surface area contributed by atoms with E-state index in [9.17, 15) is 13.2 Å². The highest BCUT2D eigenvalue weighted by molar-refractivity contribution is 7.89. The molecule has 8 heteroatoms. The minimum Gasteiger partial charge on any atom is -0.492 e. The molecule has 1 fully saturated rings. The first kappa shape index (κ1) is 23.1. The maximum Gasteiger partial charge on any atom is 0.253 e. The number of nitrogens with zero attached hydrogens (tertiary/aromatic N) is 2. The summed E-state index contributed by atoms with van der Waals surface area (Å²) in [7, 11) is -0.671. The van der Waals surface area contributed by atoms with Gasteiger partial charge in [-0.25, -0.2) is 12.7 Å². The van der Waals surface area contributed by atoms with Crippen LogP contribution in [0.15, 0.2) is 47.4 Å². The first-order valence-corrected chi connectivity index (χ1v) is 12.0. The van der Waals surface area contributed by atoms with Gasteiger partial charge in [-0.2, -0.15) is 0 Å². The second-order valence-electron chi connectivity index (χ2n) is 7.93. The first-order valence-electron chi connectivity index (χ1n) is 10.6. The SMILES string of the molecule is Cc1ccc(OCCNC(=O)c2cc(S(=O)(=O)N(C)C)ccc2N2CCCCC2)cc1. The summed E-state index contributed by atoms with van der Waals surface area (Å²) in [6.45, 7) is 4.36. The number of nitrogens with one attached hydrogen (secondary N) is 1. The van der Waals surface area contributed by atoms with Crippen molar-refractivity contribution in [3.63, 3.8) is 0 Å². The Kier molecular flexibility index (Phi) is 7.56. The van der Waals surface area contributed by atoms with Crippen molar-refractivity contribution in [2.75, 3.05) is 45.2 Å². The smallest absolute Gasteiger partial charge is 0.253 e. The van der Waals surface area contributed by atoms with E-state index in [1.807, 2.05) is 31.2 Å². The highest BCUT2D eigenvalue weighted by Gasteiger charge is 2.24. The van der Waals surface area contributed by atoms with E-state index >= 15 is 0 Å². The molecule has 1 amide bonds. The van der Waals surface area contributed by atoms with Crippen LogP contribution in [0.25, 0.3) is 0 Å². The fourth-order valence-corrected chi connectivity index (χ4v) is 4.47. The zero-order valence-corrected chi connectivity index (χ0v) is 19.2. The molecule has 1 aliphatic heterocycles. The number of sulfonamides is 1. The number of piperidine rings is 1. The lowest BCUT2D eigenvalue weighted by atomic mass is 10.1. The second-order valence-corrected chi connectivity index (χ2v) is 10.1. The molecule has 0 saturated carbocycles. The normalized spacial score (nSPS) is 14.5. The van der Waals surface area contributed by atoms with Gasteiger partial charge < -0.3 is 15.0 Å². The van der Waals surface area contributed by atoms with Crippen LogP contribution in [0.2, 0.25) is 0 Å². The van der Waals surface area contributed by atoms with Gasteiger partial charge in [-0.1, -0.05) is 17.7 Å². The van der Waals surface area contributed by atoms with Crippen molar-refractivity contribution in [1.29, 1.82) is 0 Å². The van der Waals surface area contributed by atoms with Crippen molar-refractivity contribution in [2.24, 2.45) is 0 Å². The maximum absolute atomic E-state index is 13.0. The van der Waals surface area contributed by atoms with Crippen molar-refractivity contribution in [1.82, 2.24) is 9.62 Å². The number of benzene rings is 2. The Morgan fingerprint density at radius 2 is 1.74 bits per heavy atom. The summed E-state index contributed by atoms with van der Waals surface area (Å²) in [5, 5.41) is 2.87. The van der Waals surface area contributed by atoms with E-state index in [1.54, 1.807) is 12.1 Å². The van der Waals surface area contributed by atoms with E-state index in [-0.39, 0.29) is 10.8 Å². The standard InChI is InChI=1S/C23H31N3O4S/c1-18-7-9-19(10-8-18)30-16-13-24-23(27)21-17-20(31(28,29)25(2)3)11-12-22(21)26-14-5-4-6-15-26/h7-12,17H,4-6,13-16H2,1-3H3,(H,24,27). The summed E-state index contributed by atoms with van der Waals surface area (Å²) in [6.07, 6.45) is 3.29. The summed E-state index contributed by atoms with van der Waals surface area (Å²) >= 11 is 0. The van der Waals surface area contributed by atoms with Gasteiger partial charge in [0.15, 0.2) is 0 Å². The lowest BCUT2D eigenvalue weighted by Gasteiger charge is -2.30. The van der Waals surface area contributed by atoms with Crippen LogP contribution in [0, 0.1) is 6.92 Å². The number of hydrogen-bond acceptors (Lipinski definition) is 5. The quantitative estimate of drug-likeness (QED) is 0.632. The molecular formula is C23H31N3O4S. The van der Waals surface area contributed by atoms with Crippen LogP contribution >= 0.6 is 0 Å². The number of rotatable bonds is 8. The van der Waals surface area contributed by atoms with Crippen LogP contribution in [-0.4, -0.2) is 59.0 Å². The van der Waals surface area contributed by atoms with Crippen molar-refractivity contribution in [3.8, 4) is 5.75 Å². The molecule has 3 rings (SSSR count). The fourth-order valence-electron chi connectivity index (χ4n) is 3.54.